The molecule has 0 unspecified atom stereocenters. The molecule has 0 fully saturated rings. The molecule has 0 saturated carbocycles. The van der Waals surface area contributed by atoms with Gasteiger partial charge in [0, 0.05) is 25.2 Å². The Morgan fingerprint density at radius 2 is 2.08 bits per heavy atom. The second kappa shape index (κ2) is 7.37. The average Bonchev–Trinajstić information content (AvgIpc) is 3.05. The van der Waals surface area contributed by atoms with Gasteiger partial charge in [-0.25, -0.2) is 0 Å². The van der Waals surface area contributed by atoms with Crippen LogP contribution in [0.4, 0.5) is 13.2 Å². The number of aromatic nitrogens is 4. The minimum atomic E-state index is -4.48. The Hall–Kier alpha value is -1.84. The third-order valence-corrected chi connectivity index (χ3v) is 4.13. The van der Waals surface area contributed by atoms with Crippen molar-refractivity contribution >= 4 is 21.8 Å². The van der Waals surface area contributed by atoms with Gasteiger partial charge in [-0.15, -0.1) is 0 Å². The zero-order valence-electron chi connectivity index (χ0n) is 13.2. The third-order valence-electron chi connectivity index (χ3n) is 3.47. The number of aryl methyl sites for hydroxylation is 3. The molecule has 6 nitrogen and oxygen atoms in total. The summed E-state index contributed by atoms with van der Waals surface area (Å²) in [5, 5.41) is 10.4. The number of alkyl halides is 3. The van der Waals surface area contributed by atoms with Crippen molar-refractivity contribution < 1.29 is 18.0 Å². The lowest BCUT2D eigenvalue weighted by molar-refractivity contribution is -0.141. The summed E-state index contributed by atoms with van der Waals surface area (Å²) in [5.74, 6) is -0.269. The molecule has 2 rings (SSSR count). The van der Waals surface area contributed by atoms with Crippen LogP contribution < -0.4 is 5.32 Å². The van der Waals surface area contributed by atoms with Gasteiger partial charge < -0.3 is 5.32 Å². The normalized spacial score (nSPS) is 11.8. The molecule has 2 aromatic rings. The number of nitrogens with zero attached hydrogens (tertiary/aromatic N) is 4. The monoisotopic (exact) mass is 407 g/mol. The fourth-order valence-corrected chi connectivity index (χ4v) is 2.63. The fourth-order valence-electron chi connectivity index (χ4n) is 2.19. The summed E-state index contributed by atoms with van der Waals surface area (Å²) in [6.45, 7) is 4.51. The van der Waals surface area contributed by atoms with Gasteiger partial charge in [0.15, 0.2) is 5.69 Å². The molecule has 1 N–H and O–H groups in total. The van der Waals surface area contributed by atoms with Crippen molar-refractivity contribution in [3.8, 4) is 0 Å². The van der Waals surface area contributed by atoms with E-state index in [0.29, 0.717) is 18.8 Å². The number of rotatable bonds is 6. The molecule has 132 valence electrons. The van der Waals surface area contributed by atoms with Crippen LogP contribution in [0, 0.1) is 6.92 Å². The molecular formula is C14H17BrF3N5O. The Morgan fingerprint density at radius 1 is 1.38 bits per heavy atom. The summed E-state index contributed by atoms with van der Waals surface area (Å²) in [7, 11) is 0. The van der Waals surface area contributed by atoms with Crippen molar-refractivity contribution in [2.45, 2.75) is 46.1 Å². The Balaban J connectivity index is 1.90. The molecule has 2 heterocycles. The largest absolute Gasteiger partial charge is 0.435 e. The summed E-state index contributed by atoms with van der Waals surface area (Å²) in [5.41, 5.74) is 0.249. The minimum Gasteiger partial charge on any atom is -0.350 e. The molecular weight excluding hydrogens is 391 g/mol. The smallest absolute Gasteiger partial charge is 0.350 e. The fraction of sp³-hybridized carbons (Fsp3) is 0.500. The van der Waals surface area contributed by atoms with Gasteiger partial charge in [-0.1, -0.05) is 0 Å². The maximum atomic E-state index is 12.6. The molecule has 0 atom stereocenters. The van der Waals surface area contributed by atoms with Crippen molar-refractivity contribution in [1.82, 2.24) is 24.9 Å². The van der Waals surface area contributed by atoms with Crippen LogP contribution in [0.25, 0.3) is 0 Å². The Labute approximate surface area is 145 Å². The SMILES string of the molecule is CCn1ncc(Br)c1CNC(=O)CCn1nc(C(F)(F)F)cc1C. The predicted octanol–water partition coefficient (Wildman–Crippen LogP) is 2.90. The van der Waals surface area contributed by atoms with E-state index in [1.54, 1.807) is 10.9 Å². The van der Waals surface area contributed by atoms with Crippen LogP contribution in [-0.2, 0) is 30.6 Å². The van der Waals surface area contributed by atoms with Gasteiger partial charge in [-0.3, -0.25) is 14.2 Å². The highest BCUT2D eigenvalue weighted by Crippen LogP contribution is 2.28. The molecule has 0 bridgehead atoms. The summed E-state index contributed by atoms with van der Waals surface area (Å²) in [4.78, 5) is 11.9. The predicted molar refractivity (Wildman–Crippen MR) is 84.0 cm³/mol. The number of carbonyl (C=O) groups excluding carboxylic acids is 1. The Kier molecular flexibility index (Phi) is 5.68. The molecule has 0 aromatic carbocycles. The number of hydrogen-bond donors (Lipinski definition) is 1. The lowest BCUT2D eigenvalue weighted by atomic mass is 10.3. The molecule has 0 aliphatic rings. The first-order valence-electron chi connectivity index (χ1n) is 7.31. The van der Waals surface area contributed by atoms with Crippen molar-refractivity contribution in [2.75, 3.05) is 0 Å². The van der Waals surface area contributed by atoms with Crippen LogP contribution in [-0.4, -0.2) is 25.5 Å². The molecule has 0 radical (unpaired) electrons. The lowest BCUT2D eigenvalue weighted by Gasteiger charge is -2.09. The van der Waals surface area contributed by atoms with Crippen LogP contribution in [0.3, 0.4) is 0 Å². The number of hydrogen-bond acceptors (Lipinski definition) is 3. The van der Waals surface area contributed by atoms with Crippen LogP contribution in [0.5, 0.6) is 0 Å². The van der Waals surface area contributed by atoms with E-state index in [-0.39, 0.29) is 18.9 Å². The van der Waals surface area contributed by atoms with Gasteiger partial charge >= 0.3 is 6.18 Å². The van der Waals surface area contributed by atoms with E-state index in [1.165, 1.54) is 11.6 Å². The summed E-state index contributed by atoms with van der Waals surface area (Å²) in [6.07, 6.45) is -2.79. The summed E-state index contributed by atoms with van der Waals surface area (Å²) in [6, 6.07) is 0.967. The first-order chi connectivity index (χ1) is 11.2. The van der Waals surface area contributed by atoms with E-state index < -0.39 is 11.9 Å². The average molecular weight is 408 g/mol. The summed E-state index contributed by atoms with van der Waals surface area (Å²) >= 11 is 3.36. The highest BCUT2D eigenvalue weighted by molar-refractivity contribution is 9.10. The van der Waals surface area contributed by atoms with Crippen LogP contribution in [0.2, 0.25) is 0 Å². The first kappa shape index (κ1) is 18.5. The van der Waals surface area contributed by atoms with E-state index in [2.05, 4.69) is 31.4 Å². The molecule has 2 aromatic heterocycles. The van der Waals surface area contributed by atoms with Crippen molar-refractivity contribution in [2.24, 2.45) is 0 Å². The van der Waals surface area contributed by atoms with Crippen molar-refractivity contribution in [1.29, 1.82) is 0 Å². The van der Waals surface area contributed by atoms with E-state index >= 15 is 0 Å². The molecule has 0 aliphatic heterocycles. The van der Waals surface area contributed by atoms with Gasteiger partial charge in [0.2, 0.25) is 5.91 Å². The first-order valence-corrected chi connectivity index (χ1v) is 8.10. The minimum absolute atomic E-state index is 0.0394. The van der Waals surface area contributed by atoms with Gasteiger partial charge in [-0.2, -0.15) is 23.4 Å². The quantitative estimate of drug-likeness (QED) is 0.800. The lowest BCUT2D eigenvalue weighted by Crippen LogP contribution is -2.26. The number of carbonyl (C=O) groups is 1. The third kappa shape index (κ3) is 4.37. The van der Waals surface area contributed by atoms with Crippen LogP contribution in [0.1, 0.15) is 30.4 Å². The standard InChI is InChI=1S/C14H17BrF3N5O/c1-3-22-11(10(15)7-20-22)8-19-13(24)4-5-23-9(2)6-12(21-23)14(16,17)18/h6-7H,3-5,8H2,1-2H3,(H,19,24). The number of amides is 1. The highest BCUT2D eigenvalue weighted by Gasteiger charge is 2.34. The van der Waals surface area contributed by atoms with Crippen molar-refractivity contribution in [3.63, 3.8) is 0 Å². The molecule has 0 saturated heterocycles. The Morgan fingerprint density at radius 3 is 2.67 bits per heavy atom. The zero-order valence-corrected chi connectivity index (χ0v) is 14.8. The van der Waals surface area contributed by atoms with E-state index in [4.69, 9.17) is 0 Å². The molecule has 24 heavy (non-hydrogen) atoms. The topological polar surface area (TPSA) is 64.7 Å². The van der Waals surface area contributed by atoms with Gasteiger partial charge in [-0.05, 0) is 35.8 Å². The number of nitrogens with one attached hydrogen (secondary N) is 1. The highest BCUT2D eigenvalue weighted by atomic mass is 79.9. The van der Waals surface area contributed by atoms with Crippen molar-refractivity contribution in [3.05, 3.63) is 33.8 Å². The van der Waals surface area contributed by atoms with Gasteiger partial charge in [0.25, 0.3) is 0 Å². The zero-order chi connectivity index (χ0) is 17.9. The molecule has 0 spiro atoms. The van der Waals surface area contributed by atoms with Crippen LogP contribution in [0.15, 0.2) is 16.7 Å². The maximum absolute atomic E-state index is 12.6. The van der Waals surface area contributed by atoms with Gasteiger partial charge in [0.1, 0.15) is 0 Å². The van der Waals surface area contributed by atoms with Gasteiger partial charge in [0.05, 0.1) is 22.9 Å². The molecule has 1 amide bonds. The second-order valence-corrected chi connectivity index (χ2v) is 6.03. The Bertz CT molecular complexity index is 723. The van der Waals surface area contributed by atoms with E-state index in [0.717, 1.165) is 16.2 Å². The number of halogens is 4. The van der Waals surface area contributed by atoms with E-state index in [9.17, 15) is 18.0 Å². The second-order valence-electron chi connectivity index (χ2n) is 5.17. The van der Waals surface area contributed by atoms with Crippen LogP contribution >= 0.6 is 15.9 Å². The molecule has 10 heteroatoms. The van der Waals surface area contributed by atoms with E-state index in [1.807, 2.05) is 6.92 Å². The molecule has 0 aliphatic carbocycles. The maximum Gasteiger partial charge on any atom is 0.435 e. The summed E-state index contributed by atoms with van der Waals surface area (Å²) < 4.78 is 41.5.